The minimum Gasteiger partial charge on any atom is -0.481 e. The summed E-state index contributed by atoms with van der Waals surface area (Å²) in [6.45, 7) is 0. The second-order valence-corrected chi connectivity index (χ2v) is 4.85. The molecule has 0 unspecified atom stereocenters. The van der Waals surface area contributed by atoms with Crippen molar-refractivity contribution in [3.63, 3.8) is 0 Å². The van der Waals surface area contributed by atoms with Gasteiger partial charge < -0.3 is 5.11 Å². The number of carboxylic acids is 1. The fourth-order valence-corrected chi connectivity index (χ4v) is 2.29. The Morgan fingerprint density at radius 1 is 1.29 bits per heavy atom. The Balaban J connectivity index is 2.30. The normalized spacial score (nSPS) is 9.82. The van der Waals surface area contributed by atoms with E-state index in [4.69, 9.17) is 10.4 Å². The molecule has 0 fully saturated rings. The largest absolute Gasteiger partial charge is 0.481 e. The highest BCUT2D eigenvalue weighted by atomic mass is 32.2. The molecule has 17 heavy (non-hydrogen) atoms. The van der Waals surface area contributed by atoms with Gasteiger partial charge in [0, 0.05) is 11.3 Å². The predicted molar refractivity (Wildman–Crippen MR) is 68.0 cm³/mol. The molecule has 3 nitrogen and oxygen atoms in total. The lowest BCUT2D eigenvalue weighted by Gasteiger charge is -2.02. The SMILES string of the molecule is N#CCCCCSc1ccc(CC(=O)O)cc1. The molecule has 0 saturated heterocycles. The Hall–Kier alpha value is -1.47. The zero-order valence-electron chi connectivity index (χ0n) is 9.56. The minimum absolute atomic E-state index is 0.0765. The van der Waals surface area contributed by atoms with Gasteiger partial charge in [0.15, 0.2) is 0 Å². The molecular formula is C13H15NO2S. The van der Waals surface area contributed by atoms with E-state index in [2.05, 4.69) is 6.07 Å². The van der Waals surface area contributed by atoms with E-state index in [0.29, 0.717) is 6.42 Å². The molecule has 0 bridgehead atoms. The van der Waals surface area contributed by atoms with Gasteiger partial charge in [-0.15, -0.1) is 11.8 Å². The molecule has 1 aromatic carbocycles. The number of nitrogens with zero attached hydrogens (tertiary/aromatic N) is 1. The summed E-state index contributed by atoms with van der Waals surface area (Å²) in [6.07, 6.45) is 2.68. The third-order valence-electron chi connectivity index (χ3n) is 2.23. The van der Waals surface area contributed by atoms with Gasteiger partial charge in [-0.1, -0.05) is 12.1 Å². The molecule has 0 spiro atoms. The number of hydrogen-bond acceptors (Lipinski definition) is 3. The van der Waals surface area contributed by atoms with Crippen molar-refractivity contribution in [3.8, 4) is 6.07 Å². The highest BCUT2D eigenvalue weighted by molar-refractivity contribution is 7.99. The van der Waals surface area contributed by atoms with Gasteiger partial charge in [-0.3, -0.25) is 4.79 Å². The highest BCUT2D eigenvalue weighted by Gasteiger charge is 2.00. The van der Waals surface area contributed by atoms with Crippen LogP contribution in [0.1, 0.15) is 24.8 Å². The fourth-order valence-electron chi connectivity index (χ4n) is 1.37. The molecule has 0 aliphatic rings. The van der Waals surface area contributed by atoms with Gasteiger partial charge in [0.25, 0.3) is 0 Å². The van der Waals surface area contributed by atoms with Crippen LogP contribution in [0.2, 0.25) is 0 Å². The standard InChI is InChI=1S/C13H15NO2S/c14-8-2-1-3-9-17-12-6-4-11(5-7-12)10-13(15)16/h4-7H,1-3,9-10H2,(H,15,16). The monoisotopic (exact) mass is 249 g/mol. The number of rotatable bonds is 7. The number of carbonyl (C=O) groups is 1. The van der Waals surface area contributed by atoms with Crippen LogP contribution in [0.25, 0.3) is 0 Å². The van der Waals surface area contributed by atoms with E-state index in [0.717, 1.165) is 29.1 Å². The zero-order valence-corrected chi connectivity index (χ0v) is 10.4. The third-order valence-corrected chi connectivity index (χ3v) is 3.33. The third kappa shape index (κ3) is 5.98. The Kier molecular flexibility index (Phi) is 6.19. The number of carboxylic acid groups (broad SMARTS) is 1. The van der Waals surface area contributed by atoms with E-state index in [1.165, 1.54) is 0 Å². The van der Waals surface area contributed by atoms with Crippen LogP contribution in [-0.2, 0) is 11.2 Å². The molecule has 0 aromatic heterocycles. The van der Waals surface area contributed by atoms with Gasteiger partial charge in [0.05, 0.1) is 12.5 Å². The predicted octanol–water partition coefficient (Wildman–Crippen LogP) is 3.10. The second kappa shape index (κ2) is 7.75. The maximum Gasteiger partial charge on any atom is 0.307 e. The average molecular weight is 249 g/mol. The molecule has 1 rings (SSSR count). The molecule has 0 radical (unpaired) electrons. The number of nitriles is 1. The molecule has 1 aromatic rings. The molecule has 0 aliphatic carbocycles. The quantitative estimate of drug-likeness (QED) is 0.596. The van der Waals surface area contributed by atoms with Gasteiger partial charge in [0.1, 0.15) is 0 Å². The molecule has 4 heteroatoms. The average Bonchev–Trinajstić information content (AvgIpc) is 2.30. The van der Waals surface area contributed by atoms with Gasteiger partial charge in [-0.2, -0.15) is 5.26 Å². The molecule has 0 amide bonds. The first-order valence-electron chi connectivity index (χ1n) is 5.53. The van der Waals surface area contributed by atoms with E-state index >= 15 is 0 Å². The van der Waals surface area contributed by atoms with Crippen LogP contribution in [0.4, 0.5) is 0 Å². The Labute approximate surface area is 105 Å². The molecule has 0 saturated carbocycles. The first kappa shape index (κ1) is 13.6. The van der Waals surface area contributed by atoms with E-state index in [1.807, 2.05) is 24.3 Å². The molecule has 1 N–H and O–H groups in total. The van der Waals surface area contributed by atoms with Crippen molar-refractivity contribution >= 4 is 17.7 Å². The van der Waals surface area contributed by atoms with Gasteiger partial charge >= 0.3 is 5.97 Å². The molecule has 0 atom stereocenters. The van der Waals surface area contributed by atoms with Crippen molar-refractivity contribution in [3.05, 3.63) is 29.8 Å². The maximum atomic E-state index is 10.5. The maximum absolute atomic E-state index is 10.5. The summed E-state index contributed by atoms with van der Waals surface area (Å²) in [4.78, 5) is 11.6. The first-order chi connectivity index (χ1) is 8.22. The van der Waals surface area contributed by atoms with Crippen molar-refractivity contribution < 1.29 is 9.90 Å². The summed E-state index contributed by atoms with van der Waals surface area (Å²) in [6, 6.07) is 9.74. The summed E-state index contributed by atoms with van der Waals surface area (Å²) in [5.74, 6) is 0.196. The lowest BCUT2D eigenvalue weighted by Crippen LogP contribution is -1.99. The summed E-state index contributed by atoms with van der Waals surface area (Å²) in [7, 11) is 0. The lowest BCUT2D eigenvalue weighted by molar-refractivity contribution is -0.136. The van der Waals surface area contributed by atoms with E-state index in [1.54, 1.807) is 11.8 Å². The molecule has 0 aliphatic heterocycles. The van der Waals surface area contributed by atoms with E-state index < -0.39 is 5.97 Å². The summed E-state index contributed by atoms with van der Waals surface area (Å²) < 4.78 is 0. The number of unbranched alkanes of at least 4 members (excludes halogenated alkanes) is 2. The fraction of sp³-hybridized carbons (Fsp3) is 0.385. The van der Waals surface area contributed by atoms with Gasteiger partial charge in [0.2, 0.25) is 0 Å². The topological polar surface area (TPSA) is 61.1 Å². The van der Waals surface area contributed by atoms with E-state index in [-0.39, 0.29) is 6.42 Å². The van der Waals surface area contributed by atoms with Crippen molar-refractivity contribution in [2.45, 2.75) is 30.6 Å². The number of benzene rings is 1. The summed E-state index contributed by atoms with van der Waals surface area (Å²) in [5.41, 5.74) is 0.825. The van der Waals surface area contributed by atoms with Crippen LogP contribution in [0.5, 0.6) is 0 Å². The number of aliphatic carboxylic acids is 1. The first-order valence-corrected chi connectivity index (χ1v) is 6.51. The van der Waals surface area contributed by atoms with Crippen LogP contribution in [-0.4, -0.2) is 16.8 Å². The van der Waals surface area contributed by atoms with Crippen molar-refractivity contribution in [1.82, 2.24) is 0 Å². The number of hydrogen-bond donors (Lipinski definition) is 1. The van der Waals surface area contributed by atoms with Gasteiger partial charge in [-0.25, -0.2) is 0 Å². The number of thioether (sulfide) groups is 1. The van der Waals surface area contributed by atoms with Crippen LogP contribution < -0.4 is 0 Å². The van der Waals surface area contributed by atoms with Crippen molar-refractivity contribution in [2.75, 3.05) is 5.75 Å². The van der Waals surface area contributed by atoms with Crippen molar-refractivity contribution in [2.24, 2.45) is 0 Å². The molecule has 90 valence electrons. The second-order valence-electron chi connectivity index (χ2n) is 3.68. The smallest absolute Gasteiger partial charge is 0.307 e. The minimum atomic E-state index is -0.804. The zero-order chi connectivity index (χ0) is 12.5. The molecular weight excluding hydrogens is 234 g/mol. The van der Waals surface area contributed by atoms with Gasteiger partial charge in [-0.05, 0) is 36.3 Å². The van der Waals surface area contributed by atoms with E-state index in [9.17, 15) is 4.79 Å². The lowest BCUT2D eigenvalue weighted by atomic mass is 10.2. The highest BCUT2D eigenvalue weighted by Crippen LogP contribution is 2.20. The Bertz CT molecular complexity index is 395. The van der Waals surface area contributed by atoms with Crippen molar-refractivity contribution in [1.29, 1.82) is 5.26 Å². The summed E-state index contributed by atoms with van der Waals surface area (Å²) in [5, 5.41) is 17.0. The Morgan fingerprint density at radius 2 is 2.00 bits per heavy atom. The van der Waals surface area contributed by atoms with Crippen LogP contribution in [0.15, 0.2) is 29.2 Å². The molecule has 0 heterocycles. The summed E-state index contributed by atoms with van der Waals surface area (Å²) >= 11 is 1.74. The van der Waals surface area contributed by atoms with Crippen LogP contribution in [0, 0.1) is 11.3 Å². The Morgan fingerprint density at radius 3 is 2.59 bits per heavy atom. The van der Waals surface area contributed by atoms with Crippen LogP contribution in [0.3, 0.4) is 0 Å². The van der Waals surface area contributed by atoms with Crippen LogP contribution >= 0.6 is 11.8 Å².